The molecule has 1 atom stereocenters. The number of hydrogen-bond donors (Lipinski definition) is 2. The monoisotopic (exact) mass is 532 g/mol. The summed E-state index contributed by atoms with van der Waals surface area (Å²) in [5.41, 5.74) is 0. The molecule has 1 fully saturated rings. The van der Waals surface area contributed by atoms with Gasteiger partial charge in [-0.25, -0.2) is 9.37 Å². The van der Waals surface area contributed by atoms with Crippen LogP contribution in [0.15, 0.2) is 23.3 Å². The molecule has 0 radical (unpaired) electrons. The van der Waals surface area contributed by atoms with Gasteiger partial charge in [0.05, 0.1) is 6.54 Å². The average Bonchev–Trinajstić information content (AvgIpc) is 3.06. The summed E-state index contributed by atoms with van der Waals surface area (Å²) < 4.78 is 50.9. The Morgan fingerprint density at radius 2 is 2.17 bits per heavy atom. The number of rotatable bonds is 8. The van der Waals surface area contributed by atoms with Gasteiger partial charge in [-0.1, -0.05) is 0 Å². The van der Waals surface area contributed by atoms with E-state index in [1.807, 2.05) is 11.8 Å². The lowest BCUT2D eigenvalue weighted by atomic mass is 10.3. The maximum Gasteiger partial charge on any atom is 0.401 e. The predicted octanol–water partition coefficient (Wildman–Crippen LogP) is 2.86. The lowest BCUT2D eigenvalue weighted by Crippen LogP contribution is -2.44. The van der Waals surface area contributed by atoms with E-state index in [-0.39, 0.29) is 35.8 Å². The third-order valence-electron chi connectivity index (χ3n) is 4.33. The Labute approximate surface area is 186 Å². The number of hydrogen-bond acceptors (Lipinski definition) is 4. The Hall–Kier alpha value is -1.37. The Morgan fingerprint density at radius 3 is 2.83 bits per heavy atom. The van der Waals surface area contributed by atoms with E-state index in [0.717, 1.165) is 6.42 Å². The van der Waals surface area contributed by atoms with Crippen LogP contribution in [0.4, 0.5) is 23.4 Å². The molecule has 1 aliphatic rings. The first-order valence-electron chi connectivity index (χ1n) is 9.44. The maximum absolute atomic E-state index is 13.9. The number of aliphatic imine (C=N–C) groups is 1. The number of nitrogens with one attached hydrogen (secondary N) is 2. The lowest BCUT2D eigenvalue weighted by molar-refractivity contribution is -0.143. The maximum atomic E-state index is 13.9. The number of pyridine rings is 1. The summed E-state index contributed by atoms with van der Waals surface area (Å²) in [6, 6.07) is 3.05. The molecule has 29 heavy (non-hydrogen) atoms. The molecule has 0 aliphatic carbocycles. The minimum atomic E-state index is -4.18. The van der Waals surface area contributed by atoms with Crippen molar-refractivity contribution in [2.75, 3.05) is 51.2 Å². The summed E-state index contributed by atoms with van der Waals surface area (Å²) in [7, 11) is 1.45. The normalized spacial score (nSPS) is 17.4. The van der Waals surface area contributed by atoms with Crippen LogP contribution in [0.2, 0.25) is 0 Å². The first kappa shape index (κ1) is 25.7. The van der Waals surface area contributed by atoms with Crippen molar-refractivity contribution in [3.8, 4) is 0 Å². The highest BCUT2D eigenvalue weighted by Gasteiger charge is 2.29. The predicted molar refractivity (Wildman–Crippen MR) is 118 cm³/mol. The summed E-state index contributed by atoms with van der Waals surface area (Å²) in [4.78, 5) is 11.7. The molecule has 166 valence electrons. The fourth-order valence-corrected chi connectivity index (χ4v) is 3.11. The molecule has 0 saturated carbocycles. The van der Waals surface area contributed by atoms with Crippen molar-refractivity contribution in [3.63, 3.8) is 0 Å². The summed E-state index contributed by atoms with van der Waals surface area (Å²) in [6.07, 6.45) is -1.27. The van der Waals surface area contributed by atoms with E-state index in [0.29, 0.717) is 50.9 Å². The molecule has 0 spiro atoms. The number of halogens is 5. The lowest BCUT2D eigenvalue weighted by Gasteiger charge is -2.20. The standard InChI is InChI=1S/C18H28F4N6.HI/c1-3-23-17(25-9-5-10-27(2)13-18(20,21)22)26-14-7-11-28(12-14)16-15(19)6-4-8-24-16;/h4,6,8,14H,3,5,7,9-13H2,1-2H3,(H2,23,25,26);1H. The van der Waals surface area contributed by atoms with E-state index in [2.05, 4.69) is 20.6 Å². The van der Waals surface area contributed by atoms with Gasteiger partial charge in [-0.15, -0.1) is 24.0 Å². The van der Waals surface area contributed by atoms with Crippen LogP contribution in [0.1, 0.15) is 19.8 Å². The smallest absolute Gasteiger partial charge is 0.357 e. The van der Waals surface area contributed by atoms with Gasteiger partial charge in [0.2, 0.25) is 0 Å². The minimum absolute atomic E-state index is 0. The van der Waals surface area contributed by atoms with Crippen LogP contribution in [0.25, 0.3) is 0 Å². The van der Waals surface area contributed by atoms with Gasteiger partial charge in [0, 0.05) is 38.4 Å². The highest BCUT2D eigenvalue weighted by atomic mass is 127. The van der Waals surface area contributed by atoms with E-state index in [4.69, 9.17) is 0 Å². The molecule has 0 amide bonds. The van der Waals surface area contributed by atoms with Gasteiger partial charge in [0.25, 0.3) is 0 Å². The zero-order valence-corrected chi connectivity index (χ0v) is 19.0. The minimum Gasteiger partial charge on any atom is -0.357 e. The van der Waals surface area contributed by atoms with Gasteiger partial charge >= 0.3 is 6.18 Å². The molecule has 2 heterocycles. The molecular weight excluding hydrogens is 503 g/mol. The van der Waals surface area contributed by atoms with Crippen LogP contribution in [0, 0.1) is 5.82 Å². The zero-order chi connectivity index (χ0) is 20.6. The fourth-order valence-electron chi connectivity index (χ4n) is 3.11. The molecule has 6 nitrogen and oxygen atoms in total. The fraction of sp³-hybridized carbons (Fsp3) is 0.667. The van der Waals surface area contributed by atoms with Crippen molar-refractivity contribution in [3.05, 3.63) is 24.1 Å². The Bertz CT molecular complexity index is 643. The van der Waals surface area contributed by atoms with Gasteiger partial charge in [-0.2, -0.15) is 13.2 Å². The molecule has 2 N–H and O–H groups in total. The highest BCUT2D eigenvalue weighted by molar-refractivity contribution is 14.0. The second kappa shape index (κ2) is 12.4. The van der Waals surface area contributed by atoms with E-state index >= 15 is 0 Å². The number of guanidine groups is 1. The van der Waals surface area contributed by atoms with E-state index in [9.17, 15) is 17.6 Å². The van der Waals surface area contributed by atoms with Crippen molar-refractivity contribution in [1.29, 1.82) is 0 Å². The second-order valence-corrected chi connectivity index (χ2v) is 6.85. The van der Waals surface area contributed by atoms with Gasteiger partial charge in [0.1, 0.15) is 0 Å². The van der Waals surface area contributed by atoms with Gasteiger partial charge < -0.3 is 15.5 Å². The van der Waals surface area contributed by atoms with Gasteiger partial charge in [0.15, 0.2) is 17.6 Å². The van der Waals surface area contributed by atoms with Crippen LogP contribution < -0.4 is 15.5 Å². The summed E-state index contributed by atoms with van der Waals surface area (Å²) in [6.45, 7) is 3.72. The largest absolute Gasteiger partial charge is 0.401 e. The molecule has 1 aromatic heterocycles. The topological polar surface area (TPSA) is 55.8 Å². The van der Waals surface area contributed by atoms with Crippen molar-refractivity contribution >= 4 is 35.8 Å². The number of alkyl halides is 3. The number of aromatic nitrogens is 1. The molecule has 1 unspecified atom stereocenters. The molecule has 1 aromatic rings. The van der Waals surface area contributed by atoms with Crippen LogP contribution in [0.5, 0.6) is 0 Å². The number of nitrogens with zero attached hydrogens (tertiary/aromatic N) is 4. The van der Waals surface area contributed by atoms with E-state index in [1.165, 1.54) is 18.0 Å². The summed E-state index contributed by atoms with van der Waals surface area (Å²) >= 11 is 0. The molecule has 1 saturated heterocycles. The summed E-state index contributed by atoms with van der Waals surface area (Å²) in [5.74, 6) is 0.627. The molecule has 1 aliphatic heterocycles. The van der Waals surface area contributed by atoms with Crippen LogP contribution >= 0.6 is 24.0 Å². The SMILES string of the molecule is CCNC(=NCCCN(C)CC(F)(F)F)NC1CCN(c2ncccc2F)C1.I. The number of anilines is 1. The molecule has 2 rings (SSSR count). The van der Waals surface area contributed by atoms with Gasteiger partial charge in [-0.05, 0) is 45.5 Å². The Morgan fingerprint density at radius 1 is 1.41 bits per heavy atom. The van der Waals surface area contributed by atoms with Crippen molar-refractivity contribution < 1.29 is 17.6 Å². The first-order chi connectivity index (χ1) is 13.3. The van der Waals surface area contributed by atoms with E-state index < -0.39 is 12.7 Å². The molecule has 11 heteroatoms. The van der Waals surface area contributed by atoms with Crippen molar-refractivity contribution in [2.45, 2.75) is 32.0 Å². The van der Waals surface area contributed by atoms with Gasteiger partial charge in [-0.3, -0.25) is 9.89 Å². The molecule has 0 bridgehead atoms. The molecular formula is C18H29F4IN6. The first-order valence-corrected chi connectivity index (χ1v) is 9.44. The Balaban J connectivity index is 0.00000420. The second-order valence-electron chi connectivity index (χ2n) is 6.85. The zero-order valence-electron chi connectivity index (χ0n) is 16.7. The van der Waals surface area contributed by atoms with Crippen molar-refractivity contribution in [1.82, 2.24) is 20.5 Å². The third-order valence-corrected chi connectivity index (χ3v) is 4.33. The average molecular weight is 532 g/mol. The Kier molecular flexibility index (Phi) is 10.9. The van der Waals surface area contributed by atoms with Crippen LogP contribution in [-0.4, -0.2) is 74.4 Å². The molecule has 0 aromatic carbocycles. The summed E-state index contributed by atoms with van der Waals surface area (Å²) in [5, 5.41) is 6.45. The van der Waals surface area contributed by atoms with Crippen LogP contribution in [-0.2, 0) is 0 Å². The third kappa shape index (κ3) is 9.32. The quantitative estimate of drug-likeness (QED) is 0.177. The highest BCUT2D eigenvalue weighted by Crippen LogP contribution is 2.20. The van der Waals surface area contributed by atoms with E-state index in [1.54, 1.807) is 12.3 Å². The van der Waals surface area contributed by atoms with Crippen molar-refractivity contribution in [2.24, 2.45) is 4.99 Å². The van der Waals surface area contributed by atoms with Crippen LogP contribution in [0.3, 0.4) is 0 Å².